The van der Waals surface area contributed by atoms with Crippen LogP contribution in [0.25, 0.3) is 6.08 Å². The van der Waals surface area contributed by atoms with E-state index >= 15 is 0 Å². The van der Waals surface area contributed by atoms with Gasteiger partial charge in [-0.05, 0) is 30.7 Å². The van der Waals surface area contributed by atoms with Crippen LogP contribution in [0.1, 0.15) is 12.5 Å². The molecule has 0 aromatic heterocycles. The van der Waals surface area contributed by atoms with Crippen LogP contribution < -0.4 is 5.14 Å². The van der Waals surface area contributed by atoms with Crippen LogP contribution in [0.5, 0.6) is 0 Å². The Morgan fingerprint density at radius 3 is 2.20 bits per heavy atom. The van der Waals surface area contributed by atoms with Gasteiger partial charge in [-0.15, -0.1) is 0 Å². The number of primary sulfonamides is 1. The fourth-order valence-corrected chi connectivity index (χ4v) is 1.50. The SMILES string of the molecule is CC(=O)/C=C/c1ccc(S(N)(=O)=O)cc1. The first-order valence-corrected chi connectivity index (χ1v) is 5.76. The van der Waals surface area contributed by atoms with Crippen molar-refractivity contribution in [1.82, 2.24) is 0 Å². The molecular weight excluding hydrogens is 214 g/mol. The molecule has 80 valence electrons. The zero-order valence-electron chi connectivity index (χ0n) is 8.17. The van der Waals surface area contributed by atoms with Crippen LogP contribution in [0.2, 0.25) is 0 Å². The summed E-state index contributed by atoms with van der Waals surface area (Å²) >= 11 is 0. The molecule has 0 heterocycles. The lowest BCUT2D eigenvalue weighted by Gasteiger charge is -1.97. The Labute approximate surface area is 88.5 Å². The van der Waals surface area contributed by atoms with Gasteiger partial charge in [-0.1, -0.05) is 18.2 Å². The molecule has 1 aromatic rings. The second-order valence-electron chi connectivity index (χ2n) is 3.06. The van der Waals surface area contributed by atoms with E-state index in [9.17, 15) is 13.2 Å². The van der Waals surface area contributed by atoms with E-state index in [1.54, 1.807) is 18.2 Å². The number of allylic oxidation sites excluding steroid dienone is 1. The molecule has 0 aliphatic rings. The van der Waals surface area contributed by atoms with Gasteiger partial charge >= 0.3 is 0 Å². The van der Waals surface area contributed by atoms with E-state index in [0.29, 0.717) is 0 Å². The van der Waals surface area contributed by atoms with Crippen molar-refractivity contribution >= 4 is 21.9 Å². The highest BCUT2D eigenvalue weighted by atomic mass is 32.2. The number of hydrogen-bond acceptors (Lipinski definition) is 3. The molecule has 1 rings (SSSR count). The van der Waals surface area contributed by atoms with E-state index in [1.165, 1.54) is 25.1 Å². The predicted octanol–water partition coefficient (Wildman–Crippen LogP) is 0.936. The minimum Gasteiger partial charge on any atom is -0.295 e. The molecule has 2 N–H and O–H groups in total. The molecule has 0 spiro atoms. The highest BCUT2D eigenvalue weighted by molar-refractivity contribution is 7.89. The number of carbonyl (C=O) groups is 1. The summed E-state index contributed by atoms with van der Waals surface area (Å²) in [5.74, 6) is -0.0643. The predicted molar refractivity (Wildman–Crippen MR) is 57.5 cm³/mol. The minimum atomic E-state index is -3.64. The van der Waals surface area contributed by atoms with Crippen molar-refractivity contribution in [3.8, 4) is 0 Å². The van der Waals surface area contributed by atoms with Crippen molar-refractivity contribution in [3.63, 3.8) is 0 Å². The van der Waals surface area contributed by atoms with Gasteiger partial charge in [0.2, 0.25) is 10.0 Å². The first-order chi connectivity index (χ1) is 6.89. The van der Waals surface area contributed by atoms with Gasteiger partial charge in [0.05, 0.1) is 4.90 Å². The van der Waals surface area contributed by atoms with E-state index < -0.39 is 10.0 Å². The molecule has 0 atom stereocenters. The Bertz CT molecular complexity index is 486. The zero-order chi connectivity index (χ0) is 11.5. The summed E-state index contributed by atoms with van der Waals surface area (Å²) in [5, 5.41) is 4.93. The summed E-state index contributed by atoms with van der Waals surface area (Å²) in [5.41, 5.74) is 0.748. The van der Waals surface area contributed by atoms with Crippen LogP contribution >= 0.6 is 0 Å². The molecule has 0 fully saturated rings. The molecule has 15 heavy (non-hydrogen) atoms. The van der Waals surface area contributed by atoms with E-state index in [0.717, 1.165) is 5.56 Å². The number of ketones is 1. The first kappa shape index (κ1) is 11.6. The number of rotatable bonds is 3. The van der Waals surface area contributed by atoms with Crippen LogP contribution in [0.15, 0.2) is 35.2 Å². The third-order valence-electron chi connectivity index (χ3n) is 1.72. The highest BCUT2D eigenvalue weighted by Crippen LogP contribution is 2.09. The summed E-state index contributed by atoms with van der Waals surface area (Å²) in [6.45, 7) is 1.44. The van der Waals surface area contributed by atoms with Gasteiger partial charge in [0.15, 0.2) is 5.78 Å². The monoisotopic (exact) mass is 225 g/mol. The number of benzene rings is 1. The number of hydrogen-bond donors (Lipinski definition) is 1. The Morgan fingerprint density at radius 2 is 1.80 bits per heavy atom. The Hall–Kier alpha value is -1.46. The maximum atomic E-state index is 10.9. The molecule has 4 nitrogen and oxygen atoms in total. The van der Waals surface area contributed by atoms with E-state index in [2.05, 4.69) is 0 Å². The second-order valence-corrected chi connectivity index (χ2v) is 4.62. The number of carbonyl (C=O) groups excluding carboxylic acids is 1. The summed E-state index contributed by atoms with van der Waals surface area (Å²) in [4.78, 5) is 10.7. The summed E-state index contributed by atoms with van der Waals surface area (Å²) in [6, 6.07) is 5.96. The van der Waals surface area contributed by atoms with Gasteiger partial charge < -0.3 is 0 Å². The lowest BCUT2D eigenvalue weighted by Crippen LogP contribution is -2.11. The van der Waals surface area contributed by atoms with Gasteiger partial charge in [-0.3, -0.25) is 4.79 Å². The average Bonchev–Trinajstić information content (AvgIpc) is 2.14. The highest BCUT2D eigenvalue weighted by Gasteiger charge is 2.05. The summed E-state index contributed by atoms with van der Waals surface area (Å²) in [7, 11) is -3.64. The molecule has 1 aromatic carbocycles. The van der Waals surface area contributed by atoms with Crippen LogP contribution in [0.3, 0.4) is 0 Å². The van der Waals surface area contributed by atoms with Crippen LogP contribution in [0, 0.1) is 0 Å². The fourth-order valence-electron chi connectivity index (χ4n) is 0.982. The molecule has 0 amide bonds. The normalized spacial score (nSPS) is 11.9. The largest absolute Gasteiger partial charge is 0.295 e. The van der Waals surface area contributed by atoms with Gasteiger partial charge in [0.25, 0.3) is 0 Å². The Morgan fingerprint density at radius 1 is 1.27 bits per heavy atom. The van der Waals surface area contributed by atoms with Gasteiger partial charge in [0.1, 0.15) is 0 Å². The first-order valence-electron chi connectivity index (χ1n) is 4.21. The molecule has 0 aliphatic heterocycles. The second kappa shape index (κ2) is 4.37. The van der Waals surface area contributed by atoms with Crippen molar-refractivity contribution in [3.05, 3.63) is 35.9 Å². The van der Waals surface area contributed by atoms with E-state index in [1.807, 2.05) is 0 Å². The number of nitrogens with two attached hydrogens (primary N) is 1. The quantitative estimate of drug-likeness (QED) is 0.777. The lowest BCUT2D eigenvalue weighted by atomic mass is 10.2. The van der Waals surface area contributed by atoms with E-state index in [4.69, 9.17) is 5.14 Å². The average molecular weight is 225 g/mol. The molecular formula is C10H11NO3S. The van der Waals surface area contributed by atoms with Gasteiger partial charge in [-0.2, -0.15) is 0 Å². The molecule has 0 bridgehead atoms. The molecule has 5 heteroatoms. The third kappa shape index (κ3) is 3.65. The Kier molecular flexibility index (Phi) is 3.39. The molecule has 0 saturated heterocycles. The van der Waals surface area contributed by atoms with Crippen molar-refractivity contribution in [2.24, 2.45) is 5.14 Å². The van der Waals surface area contributed by atoms with Gasteiger partial charge in [0, 0.05) is 0 Å². The van der Waals surface area contributed by atoms with Crippen molar-refractivity contribution in [2.45, 2.75) is 11.8 Å². The van der Waals surface area contributed by atoms with Crippen molar-refractivity contribution in [2.75, 3.05) is 0 Å². The molecule has 0 aliphatic carbocycles. The smallest absolute Gasteiger partial charge is 0.238 e. The van der Waals surface area contributed by atoms with E-state index in [-0.39, 0.29) is 10.7 Å². The maximum absolute atomic E-state index is 10.9. The molecule has 0 radical (unpaired) electrons. The maximum Gasteiger partial charge on any atom is 0.238 e. The zero-order valence-corrected chi connectivity index (χ0v) is 8.99. The van der Waals surface area contributed by atoms with Crippen molar-refractivity contribution in [1.29, 1.82) is 0 Å². The van der Waals surface area contributed by atoms with Gasteiger partial charge in [-0.25, -0.2) is 13.6 Å². The van der Waals surface area contributed by atoms with Crippen molar-refractivity contribution < 1.29 is 13.2 Å². The van der Waals surface area contributed by atoms with Crippen LogP contribution in [0.4, 0.5) is 0 Å². The minimum absolute atomic E-state index is 0.0578. The lowest BCUT2D eigenvalue weighted by molar-refractivity contribution is -0.112. The van der Waals surface area contributed by atoms with Crippen LogP contribution in [-0.2, 0) is 14.8 Å². The Balaban J connectivity index is 2.96. The molecule has 0 saturated carbocycles. The standard InChI is InChI=1S/C10H11NO3S/c1-8(12)2-3-9-4-6-10(7-5-9)15(11,13)14/h2-7H,1H3,(H2,11,13,14)/b3-2+. The topological polar surface area (TPSA) is 77.2 Å². The third-order valence-corrected chi connectivity index (χ3v) is 2.65. The number of sulfonamides is 1. The van der Waals surface area contributed by atoms with Crippen LogP contribution in [-0.4, -0.2) is 14.2 Å². The molecule has 0 unspecified atom stereocenters. The summed E-state index contributed by atoms with van der Waals surface area (Å²) < 4.78 is 21.8. The summed E-state index contributed by atoms with van der Waals surface area (Å²) in [6.07, 6.45) is 3.02. The fraction of sp³-hybridized carbons (Fsp3) is 0.100.